The molecule has 0 saturated heterocycles. The number of halogens is 1. The van der Waals surface area contributed by atoms with Crippen molar-refractivity contribution in [2.24, 2.45) is 0 Å². The third kappa shape index (κ3) is 169. The molecule has 0 aliphatic rings. The molecule has 0 aliphatic heterocycles. The second kappa shape index (κ2) is 5.17. The summed E-state index contributed by atoms with van der Waals surface area (Å²) in [5.74, 6) is 0. The Bertz CT molecular complexity index is 57.8. The molecule has 0 aromatic carbocycles. The number of hydrogen-bond acceptors (Lipinski definition) is 1. The maximum Gasteiger partial charge on any atom is 0.466 e. The van der Waals surface area contributed by atoms with Crippen LogP contribution in [0.4, 0.5) is 0 Å². The molecular formula is H4ClO4PZn. The van der Waals surface area contributed by atoms with Gasteiger partial charge in [0, 0.05) is 19.5 Å². The van der Waals surface area contributed by atoms with Crippen molar-refractivity contribution in [2.75, 3.05) is 0 Å². The SMILES string of the molecule is Cl.O=P(O)(O)O.[Zn]. The Morgan fingerprint density at radius 1 is 1.14 bits per heavy atom. The maximum atomic E-state index is 8.88. The zero-order valence-corrected chi connectivity index (χ0v) is 7.99. The summed E-state index contributed by atoms with van der Waals surface area (Å²) >= 11 is 0. The van der Waals surface area contributed by atoms with Crippen LogP contribution in [0.1, 0.15) is 0 Å². The molecule has 0 saturated carbocycles. The van der Waals surface area contributed by atoms with Gasteiger partial charge in [-0.3, -0.25) is 0 Å². The van der Waals surface area contributed by atoms with Gasteiger partial charge in [0.1, 0.15) is 0 Å². The van der Waals surface area contributed by atoms with E-state index in [0.717, 1.165) is 0 Å². The zero-order valence-electron chi connectivity index (χ0n) is 3.31. The van der Waals surface area contributed by atoms with Gasteiger partial charge in [-0.25, -0.2) is 4.57 Å². The Balaban J connectivity index is -0.0000000800. The van der Waals surface area contributed by atoms with Crippen molar-refractivity contribution in [1.82, 2.24) is 0 Å². The van der Waals surface area contributed by atoms with E-state index < -0.39 is 7.82 Å². The molecule has 7 heavy (non-hydrogen) atoms. The summed E-state index contributed by atoms with van der Waals surface area (Å²) in [6, 6.07) is 0. The van der Waals surface area contributed by atoms with Gasteiger partial charge in [0.25, 0.3) is 0 Å². The van der Waals surface area contributed by atoms with Crippen molar-refractivity contribution in [3.63, 3.8) is 0 Å². The van der Waals surface area contributed by atoms with Crippen LogP contribution in [0.3, 0.4) is 0 Å². The second-order valence-electron chi connectivity index (χ2n) is 0.513. The molecule has 0 spiro atoms. The first kappa shape index (κ1) is 15.7. The second-order valence-corrected chi connectivity index (χ2v) is 1.54. The van der Waals surface area contributed by atoms with E-state index in [-0.39, 0.29) is 31.9 Å². The van der Waals surface area contributed by atoms with Crippen LogP contribution in [0.15, 0.2) is 0 Å². The van der Waals surface area contributed by atoms with Gasteiger partial charge >= 0.3 is 7.82 Å². The first-order valence-electron chi connectivity index (χ1n) is 0.783. The van der Waals surface area contributed by atoms with E-state index in [2.05, 4.69) is 0 Å². The summed E-state index contributed by atoms with van der Waals surface area (Å²) in [5, 5.41) is 0. The Morgan fingerprint density at radius 3 is 1.14 bits per heavy atom. The average Bonchev–Trinajstić information content (AvgIpc) is 0.722. The van der Waals surface area contributed by atoms with Crippen molar-refractivity contribution in [1.29, 1.82) is 0 Å². The van der Waals surface area contributed by atoms with Gasteiger partial charge in [0.05, 0.1) is 0 Å². The van der Waals surface area contributed by atoms with Crippen molar-refractivity contribution < 1.29 is 38.7 Å². The molecule has 0 atom stereocenters. The van der Waals surface area contributed by atoms with E-state index in [4.69, 9.17) is 19.2 Å². The molecule has 0 unspecified atom stereocenters. The molecule has 0 bridgehead atoms. The molecular weight excluding hydrogens is 196 g/mol. The minimum Gasteiger partial charge on any atom is -0.303 e. The van der Waals surface area contributed by atoms with Gasteiger partial charge in [-0.15, -0.1) is 12.4 Å². The van der Waals surface area contributed by atoms with Crippen LogP contribution in [0.5, 0.6) is 0 Å². The van der Waals surface area contributed by atoms with Gasteiger partial charge in [-0.1, -0.05) is 0 Å². The Hall–Kier alpha value is 1.02. The van der Waals surface area contributed by atoms with E-state index in [1.807, 2.05) is 0 Å². The Morgan fingerprint density at radius 2 is 1.14 bits per heavy atom. The number of hydrogen-bond donors (Lipinski definition) is 3. The third-order valence-electron chi connectivity index (χ3n) is 0. The topological polar surface area (TPSA) is 77.8 Å². The van der Waals surface area contributed by atoms with Crippen LogP contribution in [0, 0.1) is 0 Å². The Kier molecular flexibility index (Phi) is 11.6. The van der Waals surface area contributed by atoms with E-state index in [9.17, 15) is 0 Å². The van der Waals surface area contributed by atoms with Crippen LogP contribution in [-0.4, -0.2) is 14.7 Å². The van der Waals surface area contributed by atoms with E-state index in [1.54, 1.807) is 0 Å². The minimum absolute atomic E-state index is 0. The average molecular weight is 200 g/mol. The standard InChI is InChI=1S/ClH.H3O4P.Zn/c;1-5(2,3)4;/h1H;(H3,1,2,3,4);. The fourth-order valence-electron chi connectivity index (χ4n) is 0. The van der Waals surface area contributed by atoms with Crippen LogP contribution >= 0.6 is 20.2 Å². The molecule has 0 heterocycles. The van der Waals surface area contributed by atoms with Crippen LogP contribution in [0.2, 0.25) is 0 Å². The van der Waals surface area contributed by atoms with Gasteiger partial charge in [0.2, 0.25) is 0 Å². The molecule has 7 heteroatoms. The van der Waals surface area contributed by atoms with Crippen LogP contribution in [-0.2, 0) is 24.0 Å². The van der Waals surface area contributed by atoms with Gasteiger partial charge < -0.3 is 14.7 Å². The first-order chi connectivity index (χ1) is 2.00. The summed E-state index contributed by atoms with van der Waals surface area (Å²) in [7, 11) is -4.64. The van der Waals surface area contributed by atoms with Crippen molar-refractivity contribution >= 4 is 20.2 Å². The Labute approximate surface area is 59.3 Å². The summed E-state index contributed by atoms with van der Waals surface area (Å²) in [5.41, 5.74) is 0. The predicted octanol–water partition coefficient (Wildman–Crippen LogP) is -0.509. The zero-order chi connectivity index (χ0) is 4.50. The number of phosphoric acid groups is 1. The fourth-order valence-corrected chi connectivity index (χ4v) is 0. The van der Waals surface area contributed by atoms with Gasteiger partial charge in [-0.05, 0) is 0 Å². The molecule has 3 N–H and O–H groups in total. The molecule has 0 aromatic rings. The largest absolute Gasteiger partial charge is 0.466 e. The van der Waals surface area contributed by atoms with Crippen LogP contribution < -0.4 is 0 Å². The molecule has 0 aromatic heterocycles. The summed E-state index contributed by atoms with van der Waals surface area (Å²) in [6.07, 6.45) is 0. The molecule has 0 amide bonds. The molecule has 42 valence electrons. The van der Waals surface area contributed by atoms with Crippen molar-refractivity contribution in [3.05, 3.63) is 0 Å². The van der Waals surface area contributed by atoms with Crippen molar-refractivity contribution in [2.45, 2.75) is 0 Å². The maximum absolute atomic E-state index is 8.88. The molecule has 4 nitrogen and oxygen atoms in total. The predicted molar refractivity (Wildman–Crippen MR) is 21.5 cm³/mol. The van der Waals surface area contributed by atoms with Gasteiger partial charge in [-0.2, -0.15) is 0 Å². The summed E-state index contributed by atoms with van der Waals surface area (Å²) < 4.78 is 8.88. The number of rotatable bonds is 0. The van der Waals surface area contributed by atoms with E-state index >= 15 is 0 Å². The van der Waals surface area contributed by atoms with E-state index in [1.165, 1.54) is 0 Å². The monoisotopic (exact) mass is 198 g/mol. The minimum atomic E-state index is -4.64. The van der Waals surface area contributed by atoms with Crippen molar-refractivity contribution in [3.8, 4) is 0 Å². The van der Waals surface area contributed by atoms with E-state index in [0.29, 0.717) is 0 Å². The molecule has 0 radical (unpaired) electrons. The normalized spacial score (nSPS) is 8.43. The summed E-state index contributed by atoms with van der Waals surface area (Å²) in [4.78, 5) is 21.6. The van der Waals surface area contributed by atoms with Crippen LogP contribution in [0.25, 0.3) is 0 Å². The molecule has 0 rings (SSSR count). The molecule has 0 aliphatic carbocycles. The summed E-state index contributed by atoms with van der Waals surface area (Å²) in [6.45, 7) is 0. The molecule has 0 fully saturated rings. The fraction of sp³-hybridized carbons (Fsp3) is 0. The smallest absolute Gasteiger partial charge is 0.303 e. The first-order valence-corrected chi connectivity index (χ1v) is 2.35. The third-order valence-corrected chi connectivity index (χ3v) is 0. The van der Waals surface area contributed by atoms with Gasteiger partial charge in [0.15, 0.2) is 0 Å². The quantitative estimate of drug-likeness (QED) is 0.363.